The van der Waals surface area contributed by atoms with E-state index in [0.717, 1.165) is 0 Å². The number of carbonyl (C=O) groups is 2. The maximum Gasteiger partial charge on any atom is 0.254 e. The third-order valence-corrected chi connectivity index (χ3v) is 3.66. The number of morpholine rings is 1. The van der Waals surface area contributed by atoms with Crippen LogP contribution in [0.2, 0.25) is 0 Å². The molecule has 2 amide bonds. The lowest BCUT2D eigenvalue weighted by Crippen LogP contribution is -2.53. The highest BCUT2D eigenvalue weighted by atomic mass is 19.1. The van der Waals surface area contributed by atoms with Crippen LogP contribution in [0.25, 0.3) is 0 Å². The first-order chi connectivity index (χ1) is 10.5. The summed E-state index contributed by atoms with van der Waals surface area (Å²) in [5.41, 5.74) is -0.0528. The molecule has 22 heavy (non-hydrogen) atoms. The van der Waals surface area contributed by atoms with Crippen LogP contribution in [0, 0.1) is 11.7 Å². The first-order valence-corrected chi connectivity index (χ1v) is 7.42. The van der Waals surface area contributed by atoms with Gasteiger partial charge in [0.15, 0.2) is 0 Å². The van der Waals surface area contributed by atoms with Crippen molar-refractivity contribution in [1.82, 2.24) is 10.2 Å². The summed E-state index contributed by atoms with van der Waals surface area (Å²) < 4.78 is 18.9. The van der Waals surface area contributed by atoms with Gasteiger partial charge in [-0.1, -0.05) is 26.0 Å². The number of nitrogens with one attached hydrogen (secondary N) is 1. The lowest BCUT2D eigenvalue weighted by molar-refractivity contribution is -0.138. The number of amides is 2. The zero-order chi connectivity index (χ0) is 16.1. The fourth-order valence-corrected chi connectivity index (χ4v) is 2.36. The number of hydrogen-bond acceptors (Lipinski definition) is 3. The van der Waals surface area contributed by atoms with E-state index in [1.165, 1.54) is 18.2 Å². The molecule has 1 fully saturated rings. The molecule has 1 saturated heterocycles. The molecular formula is C16H21FN2O3. The summed E-state index contributed by atoms with van der Waals surface area (Å²) in [6.07, 6.45) is 0. The molecule has 1 atom stereocenters. The number of hydrogen-bond donors (Lipinski definition) is 1. The van der Waals surface area contributed by atoms with Gasteiger partial charge in [0.25, 0.3) is 5.91 Å². The number of ether oxygens (including phenoxy) is 1. The van der Waals surface area contributed by atoms with Crippen LogP contribution in [0.5, 0.6) is 0 Å². The van der Waals surface area contributed by atoms with E-state index in [0.29, 0.717) is 26.3 Å². The molecule has 6 heteroatoms. The molecule has 0 saturated carbocycles. The van der Waals surface area contributed by atoms with Crippen LogP contribution in [0.3, 0.4) is 0 Å². The third kappa shape index (κ3) is 3.82. The molecule has 1 aliphatic rings. The molecule has 1 aromatic carbocycles. The summed E-state index contributed by atoms with van der Waals surface area (Å²) >= 11 is 0. The summed E-state index contributed by atoms with van der Waals surface area (Å²) in [6, 6.07) is 5.06. The van der Waals surface area contributed by atoms with Crippen molar-refractivity contribution < 1.29 is 18.7 Å². The Labute approximate surface area is 129 Å². The van der Waals surface area contributed by atoms with Crippen molar-refractivity contribution in [2.75, 3.05) is 26.3 Å². The molecular weight excluding hydrogens is 287 g/mol. The molecule has 0 spiro atoms. The average Bonchev–Trinajstić information content (AvgIpc) is 2.52. The monoisotopic (exact) mass is 308 g/mol. The highest BCUT2D eigenvalue weighted by Gasteiger charge is 2.30. The maximum atomic E-state index is 13.7. The Morgan fingerprint density at radius 1 is 1.23 bits per heavy atom. The summed E-state index contributed by atoms with van der Waals surface area (Å²) in [5, 5.41) is 2.66. The van der Waals surface area contributed by atoms with Gasteiger partial charge in [-0.25, -0.2) is 4.39 Å². The summed E-state index contributed by atoms with van der Waals surface area (Å²) in [7, 11) is 0. The average molecular weight is 308 g/mol. The zero-order valence-electron chi connectivity index (χ0n) is 12.8. The number of rotatable bonds is 4. The highest BCUT2D eigenvalue weighted by Crippen LogP contribution is 2.11. The van der Waals surface area contributed by atoms with Crippen LogP contribution in [0.15, 0.2) is 24.3 Å². The summed E-state index contributed by atoms with van der Waals surface area (Å²) in [6.45, 7) is 5.72. The predicted octanol–water partition coefficient (Wildman–Crippen LogP) is 1.44. The smallest absolute Gasteiger partial charge is 0.254 e. The second-order valence-electron chi connectivity index (χ2n) is 5.61. The Balaban J connectivity index is 2.10. The molecule has 0 radical (unpaired) electrons. The van der Waals surface area contributed by atoms with Crippen LogP contribution < -0.4 is 5.32 Å². The topological polar surface area (TPSA) is 58.6 Å². The molecule has 0 aromatic heterocycles. The molecule has 5 nitrogen and oxygen atoms in total. The van der Waals surface area contributed by atoms with E-state index >= 15 is 0 Å². The van der Waals surface area contributed by atoms with E-state index in [4.69, 9.17) is 4.74 Å². The third-order valence-electron chi connectivity index (χ3n) is 3.66. The fraction of sp³-hybridized carbons (Fsp3) is 0.500. The predicted molar refractivity (Wildman–Crippen MR) is 79.9 cm³/mol. The Morgan fingerprint density at radius 2 is 1.86 bits per heavy atom. The van der Waals surface area contributed by atoms with Crippen molar-refractivity contribution in [2.45, 2.75) is 19.9 Å². The van der Waals surface area contributed by atoms with Gasteiger partial charge in [-0.2, -0.15) is 0 Å². The van der Waals surface area contributed by atoms with Crippen LogP contribution >= 0.6 is 0 Å². The van der Waals surface area contributed by atoms with Gasteiger partial charge >= 0.3 is 0 Å². The molecule has 0 unspecified atom stereocenters. The second kappa shape index (κ2) is 7.35. The largest absolute Gasteiger partial charge is 0.378 e. The van der Waals surface area contributed by atoms with Gasteiger partial charge in [0.2, 0.25) is 5.91 Å². The molecule has 1 aliphatic heterocycles. The first kappa shape index (κ1) is 16.4. The van der Waals surface area contributed by atoms with E-state index < -0.39 is 17.8 Å². The van der Waals surface area contributed by atoms with Crippen molar-refractivity contribution >= 4 is 11.8 Å². The molecule has 1 aromatic rings. The highest BCUT2D eigenvalue weighted by molar-refractivity contribution is 5.97. The molecule has 1 N–H and O–H groups in total. The number of benzene rings is 1. The quantitative estimate of drug-likeness (QED) is 0.915. The van der Waals surface area contributed by atoms with Gasteiger partial charge in [-0.15, -0.1) is 0 Å². The molecule has 120 valence electrons. The minimum absolute atomic E-state index is 0.0528. The number of halogens is 1. The molecule has 2 rings (SSSR count). The van der Waals surface area contributed by atoms with E-state index in [9.17, 15) is 14.0 Å². The van der Waals surface area contributed by atoms with E-state index in [2.05, 4.69) is 5.32 Å². The van der Waals surface area contributed by atoms with Crippen molar-refractivity contribution in [3.05, 3.63) is 35.6 Å². The lowest BCUT2D eigenvalue weighted by Gasteiger charge is -2.32. The number of nitrogens with zero attached hydrogens (tertiary/aromatic N) is 1. The van der Waals surface area contributed by atoms with Crippen LogP contribution in [-0.4, -0.2) is 49.1 Å². The van der Waals surface area contributed by atoms with Gasteiger partial charge in [0.1, 0.15) is 11.9 Å². The zero-order valence-corrected chi connectivity index (χ0v) is 12.8. The minimum Gasteiger partial charge on any atom is -0.378 e. The Morgan fingerprint density at radius 3 is 2.45 bits per heavy atom. The van der Waals surface area contributed by atoms with Gasteiger partial charge in [0.05, 0.1) is 18.8 Å². The summed E-state index contributed by atoms with van der Waals surface area (Å²) in [5.74, 6) is -1.41. The van der Waals surface area contributed by atoms with E-state index in [1.807, 2.05) is 13.8 Å². The second-order valence-corrected chi connectivity index (χ2v) is 5.61. The maximum absolute atomic E-state index is 13.7. The standard InChI is InChI=1S/C16H21FN2O3/c1-11(2)14(16(21)19-7-9-22-10-8-19)18-15(20)12-5-3-4-6-13(12)17/h3-6,11,14H,7-10H2,1-2H3,(H,18,20)/t14-/m0/s1. The van der Waals surface area contributed by atoms with Gasteiger partial charge in [-0.05, 0) is 18.1 Å². The van der Waals surface area contributed by atoms with Crippen molar-refractivity contribution in [3.63, 3.8) is 0 Å². The van der Waals surface area contributed by atoms with Gasteiger partial charge < -0.3 is 15.0 Å². The fourth-order valence-electron chi connectivity index (χ4n) is 2.36. The Bertz CT molecular complexity index is 542. The molecule has 0 aliphatic carbocycles. The van der Waals surface area contributed by atoms with Crippen molar-refractivity contribution in [2.24, 2.45) is 5.92 Å². The normalized spacial score (nSPS) is 16.5. The first-order valence-electron chi connectivity index (χ1n) is 7.42. The van der Waals surface area contributed by atoms with Gasteiger partial charge in [0, 0.05) is 13.1 Å². The van der Waals surface area contributed by atoms with Crippen molar-refractivity contribution in [1.29, 1.82) is 0 Å². The van der Waals surface area contributed by atoms with Crippen LogP contribution in [-0.2, 0) is 9.53 Å². The SMILES string of the molecule is CC(C)[C@H](NC(=O)c1ccccc1F)C(=O)N1CCOCC1. The van der Waals surface area contributed by atoms with Gasteiger partial charge in [-0.3, -0.25) is 9.59 Å². The van der Waals surface area contributed by atoms with Crippen LogP contribution in [0.4, 0.5) is 4.39 Å². The minimum atomic E-state index is -0.676. The number of carbonyl (C=O) groups excluding carboxylic acids is 2. The lowest BCUT2D eigenvalue weighted by atomic mass is 10.0. The Hall–Kier alpha value is -1.95. The van der Waals surface area contributed by atoms with E-state index in [-0.39, 0.29) is 17.4 Å². The van der Waals surface area contributed by atoms with Crippen LogP contribution in [0.1, 0.15) is 24.2 Å². The summed E-state index contributed by atoms with van der Waals surface area (Å²) in [4.78, 5) is 26.5. The molecule has 1 heterocycles. The molecule has 0 bridgehead atoms. The van der Waals surface area contributed by atoms with Crippen molar-refractivity contribution in [3.8, 4) is 0 Å². The Kier molecular flexibility index (Phi) is 5.49. The van der Waals surface area contributed by atoms with E-state index in [1.54, 1.807) is 11.0 Å².